The number of carbonyl (C=O) groups is 2. The number of anilines is 1. The third-order valence-electron chi connectivity index (χ3n) is 3.62. The zero-order valence-electron chi connectivity index (χ0n) is 15.0. The number of carbonyl (C=O) groups excluding carboxylic acids is 2. The van der Waals surface area contributed by atoms with Gasteiger partial charge in [-0.2, -0.15) is 0 Å². The molecule has 0 fully saturated rings. The Morgan fingerprint density at radius 1 is 1.18 bits per heavy atom. The molecular formula is C20H17FN2O4S. The van der Waals surface area contributed by atoms with Crippen molar-refractivity contribution in [3.05, 3.63) is 77.4 Å². The number of amides is 1. The van der Waals surface area contributed by atoms with Crippen molar-refractivity contribution in [1.82, 2.24) is 5.16 Å². The van der Waals surface area contributed by atoms with Crippen molar-refractivity contribution in [3.8, 4) is 0 Å². The van der Waals surface area contributed by atoms with Gasteiger partial charge in [0.05, 0.1) is 11.3 Å². The first kappa shape index (κ1) is 19.6. The first-order valence-electron chi connectivity index (χ1n) is 8.38. The lowest BCUT2D eigenvalue weighted by molar-refractivity contribution is -0.113. The first-order valence-corrected chi connectivity index (χ1v) is 9.36. The molecule has 0 atom stereocenters. The molecule has 1 aromatic heterocycles. The van der Waals surface area contributed by atoms with Crippen molar-refractivity contribution in [2.24, 2.45) is 0 Å². The SMILES string of the molecule is Cc1cc(COC(=O)c2ccccc2SCC(=O)Nc2ccc(F)cc2)no1. The fourth-order valence-electron chi connectivity index (χ4n) is 2.34. The molecule has 144 valence electrons. The van der Waals surface area contributed by atoms with Crippen molar-refractivity contribution in [3.63, 3.8) is 0 Å². The summed E-state index contributed by atoms with van der Waals surface area (Å²) in [5.74, 6) is -0.431. The van der Waals surface area contributed by atoms with E-state index in [0.29, 0.717) is 27.6 Å². The maximum atomic E-state index is 12.9. The van der Waals surface area contributed by atoms with Crippen LogP contribution in [0.2, 0.25) is 0 Å². The first-order chi connectivity index (χ1) is 13.5. The zero-order valence-corrected chi connectivity index (χ0v) is 15.8. The van der Waals surface area contributed by atoms with Crippen LogP contribution in [0.15, 0.2) is 64.0 Å². The normalized spacial score (nSPS) is 10.5. The highest BCUT2D eigenvalue weighted by Gasteiger charge is 2.15. The van der Waals surface area contributed by atoms with Crippen molar-refractivity contribution >= 4 is 29.3 Å². The number of aryl methyl sites for hydroxylation is 1. The highest BCUT2D eigenvalue weighted by atomic mass is 32.2. The van der Waals surface area contributed by atoms with E-state index in [2.05, 4.69) is 10.5 Å². The van der Waals surface area contributed by atoms with E-state index in [1.807, 2.05) is 0 Å². The van der Waals surface area contributed by atoms with Crippen LogP contribution < -0.4 is 5.32 Å². The van der Waals surface area contributed by atoms with Crippen LogP contribution in [-0.2, 0) is 16.1 Å². The van der Waals surface area contributed by atoms with E-state index in [1.165, 1.54) is 36.0 Å². The minimum absolute atomic E-state index is 0.000225. The monoisotopic (exact) mass is 400 g/mol. The molecular weight excluding hydrogens is 383 g/mol. The number of nitrogens with one attached hydrogen (secondary N) is 1. The van der Waals surface area contributed by atoms with E-state index in [0.717, 1.165) is 0 Å². The van der Waals surface area contributed by atoms with Gasteiger partial charge in [0, 0.05) is 16.6 Å². The molecule has 0 radical (unpaired) electrons. The molecule has 0 aliphatic carbocycles. The standard InChI is InChI=1S/C20H17FN2O4S/c1-13-10-16(23-27-13)11-26-20(25)17-4-2-3-5-18(17)28-12-19(24)22-15-8-6-14(21)7-9-15/h2-10H,11-12H2,1H3,(H,22,24). The fraction of sp³-hybridized carbons (Fsp3) is 0.150. The predicted molar refractivity (Wildman–Crippen MR) is 103 cm³/mol. The number of esters is 1. The van der Waals surface area contributed by atoms with Gasteiger partial charge < -0.3 is 14.6 Å². The second kappa shape index (κ2) is 9.18. The Kier molecular flexibility index (Phi) is 6.44. The Morgan fingerprint density at radius 3 is 2.64 bits per heavy atom. The summed E-state index contributed by atoms with van der Waals surface area (Å²) in [5, 5.41) is 6.45. The van der Waals surface area contributed by atoms with E-state index in [1.54, 1.807) is 37.3 Å². The van der Waals surface area contributed by atoms with Gasteiger partial charge in [0.1, 0.15) is 23.9 Å². The van der Waals surface area contributed by atoms with Gasteiger partial charge >= 0.3 is 5.97 Å². The topological polar surface area (TPSA) is 81.4 Å². The van der Waals surface area contributed by atoms with Gasteiger partial charge in [0.15, 0.2) is 0 Å². The van der Waals surface area contributed by atoms with E-state index in [9.17, 15) is 14.0 Å². The highest BCUT2D eigenvalue weighted by molar-refractivity contribution is 8.00. The molecule has 0 unspecified atom stereocenters. The molecule has 1 N–H and O–H groups in total. The maximum Gasteiger partial charge on any atom is 0.339 e. The number of hydrogen-bond donors (Lipinski definition) is 1. The fourth-order valence-corrected chi connectivity index (χ4v) is 3.18. The predicted octanol–water partition coefficient (Wildman–Crippen LogP) is 4.21. The largest absolute Gasteiger partial charge is 0.455 e. The second-order valence-electron chi connectivity index (χ2n) is 5.84. The minimum atomic E-state index is -0.511. The third kappa shape index (κ3) is 5.43. The number of nitrogens with zero attached hydrogens (tertiary/aromatic N) is 1. The Morgan fingerprint density at radius 2 is 1.93 bits per heavy atom. The summed E-state index contributed by atoms with van der Waals surface area (Å²) < 4.78 is 23.1. The van der Waals surface area contributed by atoms with Crippen LogP contribution in [0.4, 0.5) is 10.1 Å². The summed E-state index contributed by atoms with van der Waals surface area (Å²) in [4.78, 5) is 25.1. The Bertz CT molecular complexity index is 972. The van der Waals surface area contributed by atoms with Gasteiger partial charge in [0.2, 0.25) is 5.91 Å². The summed E-state index contributed by atoms with van der Waals surface area (Å²) in [7, 11) is 0. The van der Waals surface area contributed by atoms with Crippen LogP contribution in [0.25, 0.3) is 0 Å². The molecule has 0 spiro atoms. The number of hydrogen-bond acceptors (Lipinski definition) is 6. The van der Waals surface area contributed by atoms with Gasteiger partial charge in [0.25, 0.3) is 0 Å². The van der Waals surface area contributed by atoms with Gasteiger partial charge in [-0.15, -0.1) is 11.8 Å². The van der Waals surface area contributed by atoms with E-state index >= 15 is 0 Å². The molecule has 3 rings (SSSR count). The maximum absolute atomic E-state index is 12.9. The number of rotatable bonds is 7. The van der Waals surface area contributed by atoms with E-state index < -0.39 is 5.97 Å². The molecule has 6 nitrogen and oxygen atoms in total. The number of ether oxygens (including phenoxy) is 1. The molecule has 0 aliphatic rings. The summed E-state index contributed by atoms with van der Waals surface area (Å²) in [6.45, 7) is 1.75. The average molecular weight is 400 g/mol. The van der Waals surface area contributed by atoms with Crippen LogP contribution in [0.1, 0.15) is 21.8 Å². The van der Waals surface area contributed by atoms with Gasteiger partial charge in [-0.25, -0.2) is 9.18 Å². The van der Waals surface area contributed by atoms with Gasteiger partial charge in [-0.1, -0.05) is 17.3 Å². The molecule has 3 aromatic rings. The lowest BCUT2D eigenvalue weighted by atomic mass is 10.2. The zero-order chi connectivity index (χ0) is 19.9. The van der Waals surface area contributed by atoms with Crippen molar-refractivity contribution in [1.29, 1.82) is 0 Å². The van der Waals surface area contributed by atoms with Crippen LogP contribution in [0.3, 0.4) is 0 Å². The third-order valence-corrected chi connectivity index (χ3v) is 4.70. The average Bonchev–Trinajstić information content (AvgIpc) is 3.12. The van der Waals surface area contributed by atoms with Crippen LogP contribution in [-0.4, -0.2) is 22.8 Å². The number of thioether (sulfide) groups is 1. The van der Waals surface area contributed by atoms with Gasteiger partial charge in [-0.3, -0.25) is 4.79 Å². The Labute approximate surface area is 165 Å². The molecule has 0 bridgehead atoms. The van der Waals surface area contributed by atoms with Crippen LogP contribution in [0, 0.1) is 12.7 Å². The molecule has 2 aromatic carbocycles. The summed E-state index contributed by atoms with van der Waals surface area (Å²) in [5.41, 5.74) is 1.39. The molecule has 28 heavy (non-hydrogen) atoms. The number of benzene rings is 2. The highest BCUT2D eigenvalue weighted by Crippen LogP contribution is 2.24. The van der Waals surface area contributed by atoms with Crippen molar-refractivity contribution < 1.29 is 23.2 Å². The lowest BCUT2D eigenvalue weighted by Crippen LogP contribution is -2.14. The van der Waals surface area contributed by atoms with Crippen LogP contribution in [0.5, 0.6) is 0 Å². The molecule has 0 saturated carbocycles. The molecule has 1 heterocycles. The van der Waals surface area contributed by atoms with E-state index in [-0.39, 0.29) is 24.1 Å². The summed E-state index contributed by atoms with van der Waals surface area (Å²) in [6, 6.07) is 14.1. The number of halogens is 1. The molecule has 1 amide bonds. The summed E-state index contributed by atoms with van der Waals surface area (Å²) >= 11 is 1.21. The Balaban J connectivity index is 1.57. The summed E-state index contributed by atoms with van der Waals surface area (Å²) in [6.07, 6.45) is 0. The smallest absolute Gasteiger partial charge is 0.339 e. The molecule has 0 saturated heterocycles. The minimum Gasteiger partial charge on any atom is -0.455 e. The number of aromatic nitrogens is 1. The van der Waals surface area contributed by atoms with Crippen LogP contribution >= 0.6 is 11.8 Å². The van der Waals surface area contributed by atoms with E-state index in [4.69, 9.17) is 9.26 Å². The Hall–Kier alpha value is -3.13. The van der Waals surface area contributed by atoms with Crippen molar-refractivity contribution in [2.45, 2.75) is 18.4 Å². The van der Waals surface area contributed by atoms with Gasteiger partial charge in [-0.05, 0) is 43.3 Å². The van der Waals surface area contributed by atoms with Crippen molar-refractivity contribution in [2.75, 3.05) is 11.1 Å². The lowest BCUT2D eigenvalue weighted by Gasteiger charge is -2.09. The quantitative estimate of drug-likeness (QED) is 0.473. The molecule has 0 aliphatic heterocycles. The molecule has 8 heteroatoms. The second-order valence-corrected chi connectivity index (χ2v) is 6.86.